The number of anilines is 1. The number of carbonyl (C=O) groups is 1. The summed E-state index contributed by atoms with van der Waals surface area (Å²) in [6.45, 7) is 11.3. The van der Waals surface area contributed by atoms with Crippen LogP contribution in [0.5, 0.6) is 0 Å². The van der Waals surface area contributed by atoms with Gasteiger partial charge in [0.05, 0.1) is 5.69 Å². The Labute approximate surface area is 153 Å². The summed E-state index contributed by atoms with van der Waals surface area (Å²) in [5, 5.41) is 4.57. The molecule has 0 aliphatic heterocycles. The lowest BCUT2D eigenvalue weighted by Crippen LogP contribution is -2.31. The molecule has 0 spiro atoms. The Bertz CT molecular complexity index is 784. The van der Waals surface area contributed by atoms with E-state index >= 15 is 0 Å². The van der Waals surface area contributed by atoms with Crippen molar-refractivity contribution in [3.05, 3.63) is 46.8 Å². The molecule has 1 aromatic carbocycles. The van der Waals surface area contributed by atoms with Gasteiger partial charge in [0.25, 0.3) is 0 Å². The first-order valence-corrected chi connectivity index (χ1v) is 9.02. The lowest BCUT2D eigenvalue weighted by molar-refractivity contribution is -0.118. The predicted molar refractivity (Wildman–Crippen MR) is 99.2 cm³/mol. The van der Waals surface area contributed by atoms with Crippen molar-refractivity contribution in [2.45, 2.75) is 54.0 Å². The molecule has 1 heterocycles. The van der Waals surface area contributed by atoms with Gasteiger partial charge in [-0.3, -0.25) is 9.48 Å². The molecule has 0 N–H and O–H groups in total. The maximum Gasteiger partial charge on any atom is 0.227 e. The molecular formula is C20H27F2N3O. The van der Waals surface area contributed by atoms with E-state index in [1.54, 1.807) is 0 Å². The van der Waals surface area contributed by atoms with Crippen molar-refractivity contribution in [3.63, 3.8) is 0 Å². The Balaban J connectivity index is 2.11. The number of aromatic nitrogens is 2. The van der Waals surface area contributed by atoms with Gasteiger partial charge in [0, 0.05) is 37.0 Å². The Morgan fingerprint density at radius 3 is 2.50 bits per heavy atom. The molecule has 0 bridgehead atoms. The molecule has 0 fully saturated rings. The van der Waals surface area contributed by atoms with Gasteiger partial charge in [-0.15, -0.1) is 0 Å². The molecule has 1 aromatic heterocycles. The molecule has 0 unspecified atom stereocenters. The van der Waals surface area contributed by atoms with Gasteiger partial charge in [-0.25, -0.2) is 8.78 Å². The van der Waals surface area contributed by atoms with Crippen molar-refractivity contribution >= 4 is 11.6 Å². The van der Waals surface area contributed by atoms with E-state index in [1.807, 2.05) is 25.5 Å². The number of aryl methyl sites for hydroxylation is 1. The molecule has 26 heavy (non-hydrogen) atoms. The van der Waals surface area contributed by atoms with Gasteiger partial charge in [0.1, 0.15) is 0 Å². The quantitative estimate of drug-likeness (QED) is 0.730. The summed E-state index contributed by atoms with van der Waals surface area (Å²) in [4.78, 5) is 14.1. The third-order valence-electron chi connectivity index (χ3n) is 4.49. The van der Waals surface area contributed by atoms with Gasteiger partial charge in [0.2, 0.25) is 5.91 Å². The van der Waals surface area contributed by atoms with Crippen LogP contribution in [-0.4, -0.2) is 22.2 Å². The number of benzene rings is 1. The summed E-state index contributed by atoms with van der Waals surface area (Å²) in [7, 11) is 0. The van der Waals surface area contributed by atoms with Gasteiger partial charge < -0.3 is 4.90 Å². The van der Waals surface area contributed by atoms with E-state index < -0.39 is 11.6 Å². The van der Waals surface area contributed by atoms with Crippen molar-refractivity contribution in [1.29, 1.82) is 0 Å². The number of hydrogen-bond acceptors (Lipinski definition) is 2. The summed E-state index contributed by atoms with van der Waals surface area (Å²) in [5.74, 6) is -1.49. The molecule has 0 saturated carbocycles. The minimum absolute atomic E-state index is 0.117. The molecule has 0 aliphatic carbocycles. The maximum absolute atomic E-state index is 13.5. The standard InChI is InChI=1S/C20H27F2N3O/c1-6-24(16-7-9-18(21)19(22)11-16)20(26)10-8-17-14(4)23-25(15(17)5)12-13(2)3/h7,9,11,13H,6,8,10,12H2,1-5H3. The predicted octanol–water partition coefficient (Wildman–Crippen LogP) is 4.42. The SMILES string of the molecule is CCN(C(=O)CCc1c(C)nn(CC(C)C)c1C)c1ccc(F)c(F)c1. The Hall–Kier alpha value is -2.24. The number of rotatable bonds is 7. The van der Waals surface area contributed by atoms with E-state index in [0.717, 1.165) is 35.6 Å². The van der Waals surface area contributed by atoms with Crippen molar-refractivity contribution < 1.29 is 13.6 Å². The highest BCUT2D eigenvalue weighted by molar-refractivity contribution is 5.93. The van der Waals surface area contributed by atoms with Crippen LogP contribution in [-0.2, 0) is 17.8 Å². The molecule has 6 heteroatoms. The van der Waals surface area contributed by atoms with Crippen molar-refractivity contribution in [1.82, 2.24) is 9.78 Å². The number of halogens is 2. The zero-order valence-corrected chi connectivity index (χ0v) is 16.1. The second-order valence-electron chi connectivity index (χ2n) is 6.96. The lowest BCUT2D eigenvalue weighted by Gasteiger charge is -2.21. The van der Waals surface area contributed by atoms with Gasteiger partial charge >= 0.3 is 0 Å². The monoisotopic (exact) mass is 363 g/mol. The van der Waals surface area contributed by atoms with Crippen LogP contribution in [0.2, 0.25) is 0 Å². The smallest absolute Gasteiger partial charge is 0.227 e. The Morgan fingerprint density at radius 1 is 1.23 bits per heavy atom. The molecule has 0 radical (unpaired) electrons. The third-order valence-corrected chi connectivity index (χ3v) is 4.49. The van der Waals surface area contributed by atoms with Gasteiger partial charge in [-0.05, 0) is 50.8 Å². The van der Waals surface area contributed by atoms with Crippen LogP contribution in [0.15, 0.2) is 18.2 Å². The van der Waals surface area contributed by atoms with Gasteiger partial charge in [0.15, 0.2) is 11.6 Å². The highest BCUT2D eigenvalue weighted by atomic mass is 19.2. The van der Waals surface area contributed by atoms with Gasteiger partial charge in [-0.1, -0.05) is 13.8 Å². The first kappa shape index (κ1) is 20.1. The minimum atomic E-state index is -0.949. The van der Waals surface area contributed by atoms with E-state index in [4.69, 9.17) is 0 Å². The fraction of sp³-hybridized carbons (Fsp3) is 0.500. The first-order valence-electron chi connectivity index (χ1n) is 9.02. The van der Waals surface area contributed by atoms with E-state index in [0.29, 0.717) is 31.0 Å². The Morgan fingerprint density at radius 2 is 1.92 bits per heavy atom. The molecule has 142 valence electrons. The average molecular weight is 363 g/mol. The second-order valence-corrected chi connectivity index (χ2v) is 6.96. The van der Waals surface area contributed by atoms with Crippen molar-refractivity contribution in [2.24, 2.45) is 5.92 Å². The molecule has 1 amide bonds. The molecule has 0 saturated heterocycles. The van der Waals surface area contributed by atoms with Crippen molar-refractivity contribution in [2.75, 3.05) is 11.4 Å². The van der Waals surface area contributed by atoms with E-state index in [1.165, 1.54) is 11.0 Å². The van der Waals surface area contributed by atoms with Crippen molar-refractivity contribution in [3.8, 4) is 0 Å². The molecule has 2 rings (SSSR count). The molecule has 2 aromatic rings. The highest BCUT2D eigenvalue weighted by Gasteiger charge is 2.18. The van der Waals surface area contributed by atoms with Gasteiger partial charge in [-0.2, -0.15) is 5.10 Å². The summed E-state index contributed by atoms with van der Waals surface area (Å²) >= 11 is 0. The zero-order chi connectivity index (χ0) is 19.4. The third kappa shape index (κ3) is 4.48. The number of carbonyl (C=O) groups excluding carboxylic acids is 1. The molecular weight excluding hydrogens is 336 g/mol. The summed E-state index contributed by atoms with van der Waals surface area (Å²) in [5.41, 5.74) is 3.48. The number of amides is 1. The van der Waals surface area contributed by atoms with Crippen LogP contribution in [0, 0.1) is 31.4 Å². The highest BCUT2D eigenvalue weighted by Crippen LogP contribution is 2.21. The van der Waals surface area contributed by atoms with Crippen LogP contribution in [0.25, 0.3) is 0 Å². The maximum atomic E-state index is 13.5. The number of hydrogen-bond donors (Lipinski definition) is 0. The van der Waals surface area contributed by atoms with E-state index in [9.17, 15) is 13.6 Å². The fourth-order valence-corrected chi connectivity index (χ4v) is 3.14. The van der Waals surface area contributed by atoms with Crippen LogP contribution < -0.4 is 4.90 Å². The topological polar surface area (TPSA) is 38.1 Å². The Kier molecular flexibility index (Phi) is 6.51. The fourth-order valence-electron chi connectivity index (χ4n) is 3.14. The van der Waals surface area contributed by atoms with Crippen LogP contribution in [0.1, 0.15) is 44.1 Å². The van der Waals surface area contributed by atoms with Crippen LogP contribution in [0.3, 0.4) is 0 Å². The number of nitrogens with zero attached hydrogens (tertiary/aromatic N) is 3. The summed E-state index contributed by atoms with van der Waals surface area (Å²) < 4.78 is 28.6. The lowest BCUT2D eigenvalue weighted by atomic mass is 10.1. The van der Waals surface area contributed by atoms with Crippen LogP contribution >= 0.6 is 0 Å². The van der Waals surface area contributed by atoms with Crippen LogP contribution in [0.4, 0.5) is 14.5 Å². The van der Waals surface area contributed by atoms with E-state index in [-0.39, 0.29) is 5.91 Å². The largest absolute Gasteiger partial charge is 0.313 e. The zero-order valence-electron chi connectivity index (χ0n) is 16.1. The van der Waals surface area contributed by atoms with E-state index in [2.05, 4.69) is 18.9 Å². The average Bonchev–Trinajstić information content (AvgIpc) is 2.82. The first-order chi connectivity index (χ1) is 12.2. The second kappa shape index (κ2) is 8.43. The summed E-state index contributed by atoms with van der Waals surface area (Å²) in [6, 6.07) is 3.54. The summed E-state index contributed by atoms with van der Waals surface area (Å²) in [6.07, 6.45) is 0.872. The molecule has 4 nitrogen and oxygen atoms in total. The molecule has 0 atom stereocenters. The normalized spacial score (nSPS) is 11.2. The minimum Gasteiger partial charge on any atom is -0.313 e. The molecule has 0 aliphatic rings.